The maximum Gasteiger partial charge on any atom is 0.309 e. The van der Waals surface area contributed by atoms with Gasteiger partial charge in [-0.2, -0.15) is 8.42 Å². The van der Waals surface area contributed by atoms with Crippen LogP contribution in [0.4, 0.5) is 0 Å². The number of methoxy groups -OCH3 is 2. The van der Waals surface area contributed by atoms with Gasteiger partial charge in [0.15, 0.2) is 17.3 Å². The molecular formula is C32H44O9S. The third kappa shape index (κ3) is 8.55. The largest absolute Gasteiger partial charge is 0.493 e. The Morgan fingerprint density at radius 1 is 1.00 bits per heavy atom. The van der Waals surface area contributed by atoms with Crippen molar-refractivity contribution in [2.45, 2.75) is 71.0 Å². The summed E-state index contributed by atoms with van der Waals surface area (Å²) < 4.78 is 54.6. The van der Waals surface area contributed by atoms with Crippen molar-refractivity contribution in [1.82, 2.24) is 0 Å². The summed E-state index contributed by atoms with van der Waals surface area (Å²) in [5, 5.41) is 0. The molecule has 0 aromatic heterocycles. The number of hydrogen-bond acceptors (Lipinski definition) is 9. The Morgan fingerprint density at radius 2 is 1.69 bits per heavy atom. The van der Waals surface area contributed by atoms with E-state index in [-0.39, 0.29) is 40.8 Å². The lowest BCUT2D eigenvalue weighted by Crippen LogP contribution is -2.36. The molecule has 10 heteroatoms. The van der Waals surface area contributed by atoms with Crippen LogP contribution in [0.5, 0.6) is 11.5 Å². The number of esters is 1. The number of benzene rings is 2. The summed E-state index contributed by atoms with van der Waals surface area (Å²) in [6.07, 6.45) is -0.845. The SMILES string of the molecule is COCCCOc1cc(C(=O)C(CC(OS(=O)(=O)c2ccc(C)cc2)C2CC(C(C)C)C(=O)O2)C(C)C)ccc1OC. The van der Waals surface area contributed by atoms with Crippen LogP contribution in [0.3, 0.4) is 0 Å². The van der Waals surface area contributed by atoms with Crippen LogP contribution in [0.2, 0.25) is 0 Å². The molecule has 0 radical (unpaired) electrons. The molecule has 2 aromatic carbocycles. The predicted octanol–water partition coefficient (Wildman–Crippen LogP) is 5.63. The van der Waals surface area contributed by atoms with E-state index in [9.17, 15) is 18.0 Å². The van der Waals surface area contributed by atoms with E-state index in [0.29, 0.717) is 43.1 Å². The van der Waals surface area contributed by atoms with E-state index < -0.39 is 28.2 Å². The molecule has 4 atom stereocenters. The molecule has 1 aliphatic heterocycles. The highest BCUT2D eigenvalue weighted by atomic mass is 32.2. The fourth-order valence-corrected chi connectivity index (χ4v) is 6.16. The van der Waals surface area contributed by atoms with Gasteiger partial charge in [-0.3, -0.25) is 13.8 Å². The van der Waals surface area contributed by atoms with Crippen molar-refractivity contribution in [3.8, 4) is 11.5 Å². The summed E-state index contributed by atoms with van der Waals surface area (Å²) in [5.74, 6) is -0.813. The molecule has 1 aliphatic rings. The number of carbonyl (C=O) groups excluding carboxylic acids is 2. The van der Waals surface area contributed by atoms with Crippen LogP contribution in [0.1, 0.15) is 62.9 Å². The zero-order valence-electron chi connectivity index (χ0n) is 25.6. The summed E-state index contributed by atoms with van der Waals surface area (Å²) >= 11 is 0. The van der Waals surface area contributed by atoms with Crippen LogP contribution >= 0.6 is 0 Å². The molecule has 4 unspecified atom stereocenters. The standard InChI is InChI=1S/C32H44O9S/c1-20(2)25(31(33)23-11-14-27(38-7)28(17-23)39-16-8-15-37-6)18-30(29-19-26(21(3)4)32(34)40-29)41-42(35,36)24-12-9-22(5)10-13-24/h9-14,17,20-21,25-26,29-30H,8,15-16,18-19H2,1-7H3. The molecule has 0 N–H and O–H groups in total. The van der Waals surface area contributed by atoms with E-state index in [1.807, 2.05) is 34.6 Å². The number of aryl methyl sites for hydroxylation is 1. The van der Waals surface area contributed by atoms with Crippen molar-refractivity contribution in [2.75, 3.05) is 27.4 Å². The van der Waals surface area contributed by atoms with Gasteiger partial charge in [-0.05, 0) is 55.5 Å². The van der Waals surface area contributed by atoms with Crippen molar-refractivity contribution in [3.63, 3.8) is 0 Å². The van der Waals surface area contributed by atoms with Crippen molar-refractivity contribution < 1.29 is 41.1 Å². The fraction of sp³-hybridized carbons (Fsp3) is 0.562. The quantitative estimate of drug-likeness (QED) is 0.104. The molecule has 0 amide bonds. The number of Topliss-reactive ketones (excluding diaryl/α,β-unsaturated/α-hetero) is 1. The topological polar surface area (TPSA) is 114 Å². The third-order valence-electron chi connectivity index (χ3n) is 7.66. The first-order valence-electron chi connectivity index (χ1n) is 14.4. The van der Waals surface area contributed by atoms with Gasteiger partial charge in [0.25, 0.3) is 10.1 Å². The average molecular weight is 605 g/mol. The number of cyclic esters (lactones) is 1. The van der Waals surface area contributed by atoms with Crippen molar-refractivity contribution in [1.29, 1.82) is 0 Å². The van der Waals surface area contributed by atoms with Crippen LogP contribution in [0.25, 0.3) is 0 Å². The van der Waals surface area contributed by atoms with Gasteiger partial charge in [0.2, 0.25) is 0 Å². The number of ketones is 1. The molecule has 3 rings (SSSR count). The van der Waals surface area contributed by atoms with Gasteiger partial charge in [-0.15, -0.1) is 0 Å². The first kappa shape index (κ1) is 33.6. The predicted molar refractivity (Wildman–Crippen MR) is 158 cm³/mol. The molecule has 232 valence electrons. The van der Waals surface area contributed by atoms with Gasteiger partial charge >= 0.3 is 5.97 Å². The summed E-state index contributed by atoms with van der Waals surface area (Å²) in [4.78, 5) is 26.6. The Kier molecular flexibility index (Phi) is 12.0. The van der Waals surface area contributed by atoms with Crippen LogP contribution in [0, 0.1) is 30.6 Å². The number of ether oxygens (including phenoxy) is 4. The first-order valence-corrected chi connectivity index (χ1v) is 15.8. The molecule has 2 aromatic rings. The Bertz CT molecular complexity index is 1300. The molecule has 1 saturated heterocycles. The highest BCUT2D eigenvalue weighted by Gasteiger charge is 2.44. The highest BCUT2D eigenvalue weighted by molar-refractivity contribution is 7.86. The minimum Gasteiger partial charge on any atom is -0.493 e. The summed E-state index contributed by atoms with van der Waals surface area (Å²) in [6.45, 7) is 10.4. The highest BCUT2D eigenvalue weighted by Crippen LogP contribution is 2.36. The van der Waals surface area contributed by atoms with Crippen LogP contribution in [0.15, 0.2) is 47.4 Å². The van der Waals surface area contributed by atoms with Gasteiger partial charge in [-0.1, -0.05) is 45.4 Å². The molecule has 0 aliphatic carbocycles. The molecular weight excluding hydrogens is 560 g/mol. The lowest BCUT2D eigenvalue weighted by molar-refractivity contribution is -0.148. The van der Waals surface area contributed by atoms with E-state index >= 15 is 0 Å². The molecule has 1 fully saturated rings. The molecule has 0 saturated carbocycles. The molecule has 0 bridgehead atoms. The Hall–Kier alpha value is -2.95. The number of hydrogen-bond donors (Lipinski definition) is 0. The van der Waals surface area contributed by atoms with Crippen LogP contribution < -0.4 is 9.47 Å². The van der Waals surface area contributed by atoms with Crippen molar-refractivity contribution in [3.05, 3.63) is 53.6 Å². The number of carbonyl (C=O) groups is 2. The van der Waals surface area contributed by atoms with E-state index in [0.717, 1.165) is 5.56 Å². The van der Waals surface area contributed by atoms with Gasteiger partial charge < -0.3 is 18.9 Å². The normalized spacial score (nSPS) is 18.6. The summed E-state index contributed by atoms with van der Waals surface area (Å²) in [7, 11) is -1.07. The number of rotatable bonds is 16. The molecule has 1 heterocycles. The zero-order valence-corrected chi connectivity index (χ0v) is 26.4. The Labute approximate surface area is 250 Å². The van der Waals surface area contributed by atoms with E-state index in [4.69, 9.17) is 23.1 Å². The van der Waals surface area contributed by atoms with E-state index in [2.05, 4.69) is 0 Å². The monoisotopic (exact) mass is 604 g/mol. The van der Waals surface area contributed by atoms with Crippen molar-refractivity contribution in [2.24, 2.45) is 23.7 Å². The van der Waals surface area contributed by atoms with Crippen LogP contribution in [-0.2, 0) is 28.6 Å². The Morgan fingerprint density at radius 3 is 2.26 bits per heavy atom. The first-order chi connectivity index (χ1) is 19.9. The van der Waals surface area contributed by atoms with Crippen LogP contribution in [-0.4, -0.2) is 59.8 Å². The van der Waals surface area contributed by atoms with Crippen molar-refractivity contribution >= 4 is 21.9 Å². The maximum absolute atomic E-state index is 13.9. The molecule has 9 nitrogen and oxygen atoms in total. The molecule has 42 heavy (non-hydrogen) atoms. The molecule has 0 spiro atoms. The third-order valence-corrected chi connectivity index (χ3v) is 9.01. The second-order valence-corrected chi connectivity index (χ2v) is 13.0. The second-order valence-electron chi connectivity index (χ2n) is 11.5. The fourth-order valence-electron chi connectivity index (χ4n) is 5.05. The average Bonchev–Trinajstić information content (AvgIpc) is 3.34. The van der Waals surface area contributed by atoms with E-state index in [1.54, 1.807) is 37.4 Å². The summed E-state index contributed by atoms with van der Waals surface area (Å²) in [5.41, 5.74) is 1.31. The van der Waals surface area contributed by atoms with Gasteiger partial charge in [0.05, 0.1) is 24.5 Å². The minimum absolute atomic E-state index is 0.000625. The minimum atomic E-state index is -4.21. The summed E-state index contributed by atoms with van der Waals surface area (Å²) in [6, 6.07) is 11.3. The lowest BCUT2D eigenvalue weighted by Gasteiger charge is -2.28. The van der Waals surface area contributed by atoms with Gasteiger partial charge in [0, 0.05) is 38.0 Å². The lowest BCUT2D eigenvalue weighted by atomic mass is 9.81. The van der Waals surface area contributed by atoms with Gasteiger partial charge in [-0.25, -0.2) is 0 Å². The smallest absolute Gasteiger partial charge is 0.309 e. The maximum atomic E-state index is 13.9. The Balaban J connectivity index is 1.92. The van der Waals surface area contributed by atoms with E-state index in [1.165, 1.54) is 19.2 Å². The second kappa shape index (κ2) is 15.0. The zero-order chi connectivity index (χ0) is 31.0. The van der Waals surface area contributed by atoms with Gasteiger partial charge in [0.1, 0.15) is 12.2 Å².